The Morgan fingerprint density at radius 1 is 1.29 bits per heavy atom. The van der Waals surface area contributed by atoms with Crippen molar-refractivity contribution in [2.24, 2.45) is 5.73 Å². The van der Waals surface area contributed by atoms with Crippen LogP contribution in [0.15, 0.2) is 12.1 Å². The predicted molar refractivity (Wildman–Crippen MR) is 46.5 cm³/mol. The minimum Gasteiger partial charge on any atom is -0.326 e. The summed E-state index contributed by atoms with van der Waals surface area (Å²) in [6, 6.07) is 4.37. The maximum atomic E-state index is 10.4. The third-order valence-electron chi connectivity index (χ3n) is 1.52. The van der Waals surface area contributed by atoms with Gasteiger partial charge in [0.15, 0.2) is 0 Å². The molecule has 0 saturated heterocycles. The zero-order valence-electron chi connectivity index (χ0n) is 6.97. The number of nitrogens with two attached hydrogens (primary N) is 1. The Kier molecular flexibility index (Phi) is 2.73. The second-order valence-corrected chi connectivity index (χ2v) is 2.47. The van der Waals surface area contributed by atoms with Crippen molar-refractivity contribution in [3.05, 3.63) is 44.0 Å². The van der Waals surface area contributed by atoms with Crippen LogP contribution in [0, 0.1) is 26.3 Å². The number of nitrogens with zero attached hydrogens (tertiary/aromatic N) is 2. The van der Waals surface area contributed by atoms with Gasteiger partial charge in [0.2, 0.25) is 0 Å². The molecule has 0 fully saturated rings. The molecule has 0 amide bonds. The van der Waals surface area contributed by atoms with E-state index in [0.29, 0.717) is 0 Å². The van der Waals surface area contributed by atoms with Gasteiger partial charge in [-0.1, -0.05) is 0 Å². The van der Waals surface area contributed by atoms with Gasteiger partial charge in [-0.15, -0.1) is 0 Å². The lowest BCUT2D eigenvalue weighted by Gasteiger charge is -1.96. The molecule has 0 aliphatic carbocycles. The molecule has 14 heavy (non-hydrogen) atoms. The summed E-state index contributed by atoms with van der Waals surface area (Å²) in [5.41, 5.74) is 4.66. The van der Waals surface area contributed by atoms with E-state index in [4.69, 9.17) is 5.73 Å². The van der Waals surface area contributed by atoms with Crippen molar-refractivity contribution < 1.29 is 9.85 Å². The van der Waals surface area contributed by atoms with Crippen molar-refractivity contribution in [1.82, 2.24) is 0 Å². The lowest BCUT2D eigenvalue weighted by molar-refractivity contribution is -0.394. The maximum absolute atomic E-state index is 10.4. The van der Waals surface area contributed by atoms with Crippen LogP contribution >= 0.6 is 0 Å². The molecule has 0 bridgehead atoms. The average molecular weight is 196 g/mol. The molecule has 73 valence electrons. The van der Waals surface area contributed by atoms with Crippen LogP contribution in [-0.4, -0.2) is 9.85 Å². The highest BCUT2D eigenvalue weighted by molar-refractivity contribution is 5.45. The smallest absolute Gasteiger partial charge is 0.284 e. The van der Waals surface area contributed by atoms with Crippen LogP contribution in [0.25, 0.3) is 0 Å². The highest BCUT2D eigenvalue weighted by Gasteiger charge is 2.15. The lowest BCUT2D eigenvalue weighted by Crippen LogP contribution is -2.00. The fraction of sp³-hybridized carbons (Fsp3) is 0.143. The van der Waals surface area contributed by atoms with Crippen molar-refractivity contribution in [2.45, 2.75) is 6.54 Å². The number of rotatable bonds is 3. The van der Waals surface area contributed by atoms with E-state index >= 15 is 0 Å². The van der Waals surface area contributed by atoms with Gasteiger partial charge >= 0.3 is 0 Å². The van der Waals surface area contributed by atoms with Gasteiger partial charge < -0.3 is 5.73 Å². The van der Waals surface area contributed by atoms with Crippen LogP contribution < -0.4 is 5.73 Å². The van der Waals surface area contributed by atoms with E-state index < -0.39 is 15.5 Å². The highest BCUT2D eigenvalue weighted by Crippen LogP contribution is 2.21. The molecule has 0 heterocycles. The van der Waals surface area contributed by atoms with Crippen LogP contribution in [0.1, 0.15) is 5.56 Å². The zero-order valence-corrected chi connectivity index (χ0v) is 6.97. The van der Waals surface area contributed by atoms with Gasteiger partial charge in [-0.2, -0.15) is 0 Å². The minimum atomic E-state index is -0.744. The van der Waals surface area contributed by atoms with Crippen molar-refractivity contribution in [1.29, 1.82) is 0 Å². The fourth-order valence-electron chi connectivity index (χ4n) is 0.911. The van der Waals surface area contributed by atoms with Crippen LogP contribution in [0.4, 0.5) is 11.4 Å². The summed E-state index contributed by atoms with van der Waals surface area (Å²) in [5, 5.41) is 20.7. The zero-order chi connectivity index (χ0) is 10.7. The van der Waals surface area contributed by atoms with E-state index in [9.17, 15) is 20.2 Å². The van der Waals surface area contributed by atoms with Crippen LogP contribution in [0.5, 0.6) is 0 Å². The Bertz CT molecular complexity index is 358. The quantitative estimate of drug-likeness (QED) is 0.566. The van der Waals surface area contributed by atoms with Crippen molar-refractivity contribution in [3.63, 3.8) is 0 Å². The molecular weight excluding hydrogens is 190 g/mol. The molecule has 1 aromatic rings. The van der Waals surface area contributed by atoms with E-state index in [0.717, 1.165) is 12.1 Å². The molecule has 7 nitrogen and oxygen atoms in total. The van der Waals surface area contributed by atoms with Crippen LogP contribution in [0.3, 0.4) is 0 Å². The summed E-state index contributed by atoms with van der Waals surface area (Å²) in [5.74, 6) is 0. The molecule has 0 unspecified atom stereocenters. The number of hydrogen-bond donors (Lipinski definition) is 1. The monoisotopic (exact) mass is 196 g/mol. The molecule has 0 aliphatic heterocycles. The summed E-state index contributed by atoms with van der Waals surface area (Å²) >= 11 is 0. The molecule has 1 rings (SSSR count). The first-order chi connectivity index (χ1) is 6.54. The summed E-state index contributed by atoms with van der Waals surface area (Å²) in [7, 11) is 0. The Morgan fingerprint density at radius 3 is 2.36 bits per heavy atom. The van der Waals surface area contributed by atoms with Gasteiger partial charge in [0.05, 0.1) is 22.0 Å². The van der Waals surface area contributed by atoms with Crippen molar-refractivity contribution in [2.75, 3.05) is 0 Å². The number of benzene rings is 1. The van der Waals surface area contributed by atoms with Crippen LogP contribution in [0.2, 0.25) is 0 Å². The number of hydrogen-bond acceptors (Lipinski definition) is 5. The van der Waals surface area contributed by atoms with E-state index in [-0.39, 0.29) is 17.8 Å². The fourth-order valence-corrected chi connectivity index (χ4v) is 0.911. The van der Waals surface area contributed by atoms with Gasteiger partial charge in [-0.05, 0) is 5.56 Å². The van der Waals surface area contributed by atoms with Gasteiger partial charge in [-0.25, -0.2) is 0 Å². The molecule has 7 heteroatoms. The van der Waals surface area contributed by atoms with Crippen molar-refractivity contribution in [3.8, 4) is 0 Å². The van der Waals surface area contributed by atoms with Gasteiger partial charge in [0.25, 0.3) is 11.4 Å². The average Bonchev–Trinajstić information content (AvgIpc) is 2.16. The summed E-state index contributed by atoms with van der Waals surface area (Å²) in [6.45, 7) is -0.0253. The van der Waals surface area contributed by atoms with Gasteiger partial charge in [-0.3, -0.25) is 20.2 Å². The molecule has 0 aromatic heterocycles. The summed E-state index contributed by atoms with van der Waals surface area (Å²) in [4.78, 5) is 19.3. The minimum absolute atomic E-state index is 0.0253. The third kappa shape index (κ3) is 2.02. The molecule has 1 radical (unpaired) electrons. The third-order valence-corrected chi connectivity index (χ3v) is 1.52. The summed E-state index contributed by atoms with van der Waals surface area (Å²) in [6.07, 6.45) is 0. The Balaban J connectivity index is 3.27. The normalized spacial score (nSPS) is 9.79. The Morgan fingerprint density at radius 2 is 1.93 bits per heavy atom. The Hall–Kier alpha value is -2.02. The largest absolute Gasteiger partial charge is 0.326 e. The first-order valence-electron chi connectivity index (χ1n) is 3.59. The highest BCUT2D eigenvalue weighted by atomic mass is 16.6. The predicted octanol–water partition coefficient (Wildman–Crippen LogP) is 0.762. The maximum Gasteiger partial charge on any atom is 0.284 e. The number of non-ortho nitro benzene ring substituents is 2. The second kappa shape index (κ2) is 3.79. The first kappa shape index (κ1) is 10.1. The summed E-state index contributed by atoms with van der Waals surface area (Å²) < 4.78 is 0. The topological polar surface area (TPSA) is 112 Å². The second-order valence-electron chi connectivity index (χ2n) is 2.47. The molecule has 0 saturated carbocycles. The van der Waals surface area contributed by atoms with Gasteiger partial charge in [0.1, 0.15) is 0 Å². The molecule has 0 atom stereocenters. The van der Waals surface area contributed by atoms with E-state index in [1.54, 1.807) is 0 Å². The number of nitro groups is 2. The molecule has 1 aromatic carbocycles. The molecule has 2 N–H and O–H groups in total. The standard InChI is InChI=1S/C7H6N3O4/c8-4-5-1-6(9(11)12)3-7(2-5)10(13)14/h1,3H,4,8H2. The SMILES string of the molecule is NCc1[c]c([N+](=O)[O-])cc([N+](=O)[O-])c1. The molecule has 0 aliphatic rings. The van der Waals surface area contributed by atoms with E-state index in [1.165, 1.54) is 0 Å². The first-order valence-corrected chi connectivity index (χ1v) is 3.59. The van der Waals surface area contributed by atoms with Gasteiger partial charge in [0, 0.05) is 12.6 Å². The Labute approximate surface area is 78.4 Å². The molecular formula is C7H6N3O4. The molecule has 0 spiro atoms. The lowest BCUT2D eigenvalue weighted by atomic mass is 10.2. The number of nitro benzene ring substituents is 2. The van der Waals surface area contributed by atoms with Crippen LogP contribution in [-0.2, 0) is 6.54 Å². The van der Waals surface area contributed by atoms with E-state index in [1.807, 2.05) is 0 Å². The van der Waals surface area contributed by atoms with Crippen molar-refractivity contribution >= 4 is 11.4 Å². The van der Waals surface area contributed by atoms with E-state index in [2.05, 4.69) is 6.07 Å².